The van der Waals surface area contributed by atoms with E-state index in [2.05, 4.69) is 12.2 Å². The van der Waals surface area contributed by atoms with Gasteiger partial charge >= 0.3 is 0 Å². The third-order valence-electron chi connectivity index (χ3n) is 4.10. The summed E-state index contributed by atoms with van der Waals surface area (Å²) in [7, 11) is -2.98. The molecule has 0 aromatic heterocycles. The first-order valence-corrected chi connectivity index (χ1v) is 9.45. The van der Waals surface area contributed by atoms with Crippen LogP contribution < -0.4 is 5.32 Å². The van der Waals surface area contributed by atoms with Gasteiger partial charge in [-0.15, -0.1) is 0 Å². The van der Waals surface area contributed by atoms with Gasteiger partial charge in [-0.3, -0.25) is 0 Å². The summed E-state index contributed by atoms with van der Waals surface area (Å²) in [4.78, 5) is 0. The van der Waals surface area contributed by atoms with Gasteiger partial charge in [-0.25, -0.2) is 8.42 Å². The van der Waals surface area contributed by atoms with Crippen molar-refractivity contribution in [3.8, 4) is 0 Å². The van der Waals surface area contributed by atoms with Gasteiger partial charge in [0.15, 0.2) is 9.84 Å². The molecule has 1 saturated carbocycles. The summed E-state index contributed by atoms with van der Waals surface area (Å²) < 4.78 is 23.7. The molecule has 3 atom stereocenters. The third-order valence-corrected chi connectivity index (χ3v) is 6.01. The van der Waals surface area contributed by atoms with Crippen molar-refractivity contribution >= 4 is 21.4 Å². The molecule has 0 amide bonds. The Kier molecular flexibility index (Phi) is 5.10. The van der Waals surface area contributed by atoms with Crippen molar-refractivity contribution in [3.63, 3.8) is 0 Å². The molecule has 1 aromatic rings. The fourth-order valence-electron chi connectivity index (χ4n) is 3.03. The zero-order chi connectivity index (χ0) is 14.8. The number of sulfone groups is 1. The highest BCUT2D eigenvalue weighted by molar-refractivity contribution is 7.91. The van der Waals surface area contributed by atoms with Crippen LogP contribution in [-0.4, -0.2) is 26.0 Å². The normalized spacial score (nSPS) is 24.8. The highest BCUT2D eigenvalue weighted by Crippen LogP contribution is 2.28. The van der Waals surface area contributed by atoms with Gasteiger partial charge < -0.3 is 5.32 Å². The summed E-state index contributed by atoms with van der Waals surface area (Å²) in [6.45, 7) is 2.11. The lowest BCUT2D eigenvalue weighted by Gasteiger charge is -2.26. The van der Waals surface area contributed by atoms with E-state index in [-0.39, 0.29) is 17.3 Å². The Labute approximate surface area is 126 Å². The van der Waals surface area contributed by atoms with Crippen molar-refractivity contribution in [3.05, 3.63) is 34.9 Å². The number of hydrogen-bond acceptors (Lipinski definition) is 3. The Morgan fingerprint density at radius 3 is 2.50 bits per heavy atom. The standard InChI is InChI=1S/C15H22ClNO2S/c1-3-13(11-7-9-12(16)10-8-11)17-14-5-4-6-15(14)20(2,18)19/h7-10,13-15,17H,3-6H2,1-2H3. The van der Waals surface area contributed by atoms with Crippen molar-refractivity contribution in [1.29, 1.82) is 0 Å². The lowest BCUT2D eigenvalue weighted by atomic mass is 10.0. The Bertz CT molecular complexity index is 541. The molecule has 2 rings (SSSR count). The number of hydrogen-bond donors (Lipinski definition) is 1. The maximum atomic E-state index is 11.8. The van der Waals surface area contributed by atoms with Crippen molar-refractivity contribution in [1.82, 2.24) is 5.32 Å². The van der Waals surface area contributed by atoms with Gasteiger partial charge in [0.1, 0.15) is 0 Å². The zero-order valence-corrected chi connectivity index (χ0v) is 13.5. The molecule has 3 unspecified atom stereocenters. The summed E-state index contributed by atoms with van der Waals surface area (Å²) in [5, 5.41) is 4.01. The molecule has 5 heteroatoms. The first-order valence-electron chi connectivity index (χ1n) is 7.12. The minimum absolute atomic E-state index is 0.0608. The Balaban J connectivity index is 2.12. The molecule has 3 nitrogen and oxygen atoms in total. The van der Waals surface area contributed by atoms with E-state index in [1.165, 1.54) is 6.26 Å². The van der Waals surface area contributed by atoms with Gasteiger partial charge in [0.05, 0.1) is 5.25 Å². The topological polar surface area (TPSA) is 46.2 Å². The van der Waals surface area contributed by atoms with E-state index in [0.29, 0.717) is 0 Å². The van der Waals surface area contributed by atoms with Gasteiger partial charge in [0.2, 0.25) is 0 Å². The Morgan fingerprint density at radius 1 is 1.30 bits per heavy atom. The van der Waals surface area contributed by atoms with Gasteiger partial charge in [-0.1, -0.05) is 37.1 Å². The number of benzene rings is 1. The molecule has 1 aromatic carbocycles. The second kappa shape index (κ2) is 6.46. The van der Waals surface area contributed by atoms with Gasteiger partial charge in [0.25, 0.3) is 0 Å². The predicted molar refractivity (Wildman–Crippen MR) is 83.9 cm³/mol. The van der Waals surface area contributed by atoms with Crippen LogP contribution in [0.25, 0.3) is 0 Å². The number of rotatable bonds is 5. The molecule has 0 aliphatic heterocycles. The SMILES string of the molecule is CCC(NC1CCCC1S(C)(=O)=O)c1ccc(Cl)cc1. The maximum absolute atomic E-state index is 11.8. The fraction of sp³-hybridized carbons (Fsp3) is 0.600. The highest BCUT2D eigenvalue weighted by Gasteiger charge is 2.35. The van der Waals surface area contributed by atoms with E-state index in [9.17, 15) is 8.42 Å². The first-order chi connectivity index (χ1) is 9.41. The van der Waals surface area contributed by atoms with E-state index in [4.69, 9.17) is 11.6 Å². The van der Waals surface area contributed by atoms with Crippen LogP contribution in [0, 0.1) is 0 Å². The molecule has 1 fully saturated rings. The molecule has 0 bridgehead atoms. The molecule has 20 heavy (non-hydrogen) atoms. The van der Waals surface area contributed by atoms with Crippen LogP contribution in [0.1, 0.15) is 44.2 Å². The van der Waals surface area contributed by atoms with Crippen LogP contribution in [0.4, 0.5) is 0 Å². The largest absolute Gasteiger partial charge is 0.306 e. The third kappa shape index (κ3) is 3.74. The van der Waals surface area contributed by atoms with E-state index >= 15 is 0 Å². The molecular formula is C15H22ClNO2S. The molecule has 1 N–H and O–H groups in total. The van der Waals surface area contributed by atoms with Crippen LogP contribution >= 0.6 is 11.6 Å². The Morgan fingerprint density at radius 2 is 1.95 bits per heavy atom. The number of halogens is 1. The molecule has 0 spiro atoms. The molecule has 1 aliphatic carbocycles. The van der Waals surface area contributed by atoms with Crippen molar-refractivity contribution in [2.24, 2.45) is 0 Å². The second-order valence-electron chi connectivity index (χ2n) is 5.58. The first kappa shape index (κ1) is 15.8. The summed E-state index contributed by atoms with van der Waals surface area (Å²) in [6.07, 6.45) is 4.96. The molecular weight excluding hydrogens is 294 g/mol. The average Bonchev–Trinajstić information content (AvgIpc) is 2.85. The zero-order valence-electron chi connectivity index (χ0n) is 12.0. The fourth-order valence-corrected chi connectivity index (χ4v) is 4.56. The molecule has 112 valence electrons. The van der Waals surface area contributed by atoms with Crippen molar-refractivity contribution in [2.75, 3.05) is 6.26 Å². The lowest BCUT2D eigenvalue weighted by molar-refractivity contribution is 0.427. The quantitative estimate of drug-likeness (QED) is 0.906. The monoisotopic (exact) mass is 315 g/mol. The average molecular weight is 316 g/mol. The minimum Gasteiger partial charge on any atom is -0.306 e. The molecule has 0 heterocycles. The van der Waals surface area contributed by atoms with E-state index in [0.717, 1.165) is 36.3 Å². The van der Waals surface area contributed by atoms with Crippen molar-refractivity contribution in [2.45, 2.75) is 49.9 Å². The van der Waals surface area contributed by atoms with Crippen LogP contribution in [0.2, 0.25) is 5.02 Å². The second-order valence-corrected chi connectivity index (χ2v) is 8.29. The maximum Gasteiger partial charge on any atom is 0.151 e. The number of nitrogens with one attached hydrogen (secondary N) is 1. The highest BCUT2D eigenvalue weighted by atomic mass is 35.5. The van der Waals surface area contributed by atoms with Crippen LogP contribution in [0.15, 0.2) is 24.3 Å². The summed E-state index contributed by atoms with van der Waals surface area (Å²) in [5.74, 6) is 0. The van der Waals surface area contributed by atoms with Crippen LogP contribution in [0.5, 0.6) is 0 Å². The molecule has 1 aliphatic rings. The van der Waals surface area contributed by atoms with Gasteiger partial charge in [0, 0.05) is 23.4 Å². The van der Waals surface area contributed by atoms with E-state index < -0.39 is 9.84 Å². The lowest BCUT2D eigenvalue weighted by Crippen LogP contribution is -2.41. The van der Waals surface area contributed by atoms with Crippen molar-refractivity contribution < 1.29 is 8.42 Å². The van der Waals surface area contributed by atoms with Gasteiger partial charge in [-0.05, 0) is 37.0 Å². The summed E-state index contributed by atoms with van der Waals surface area (Å²) in [5.41, 5.74) is 1.16. The summed E-state index contributed by atoms with van der Waals surface area (Å²) >= 11 is 5.91. The van der Waals surface area contributed by atoms with Gasteiger partial charge in [-0.2, -0.15) is 0 Å². The van der Waals surface area contributed by atoms with Crippen LogP contribution in [0.3, 0.4) is 0 Å². The van der Waals surface area contributed by atoms with E-state index in [1.807, 2.05) is 24.3 Å². The Hall–Kier alpha value is -0.580. The smallest absolute Gasteiger partial charge is 0.151 e. The van der Waals surface area contributed by atoms with E-state index in [1.54, 1.807) is 0 Å². The van der Waals surface area contributed by atoms with Crippen LogP contribution in [-0.2, 0) is 9.84 Å². The molecule has 0 radical (unpaired) electrons. The predicted octanol–water partition coefficient (Wildman–Crippen LogP) is 3.35. The molecule has 0 saturated heterocycles. The summed E-state index contributed by atoms with van der Waals surface area (Å²) in [6, 6.07) is 8.01. The minimum atomic E-state index is -2.98.